The van der Waals surface area contributed by atoms with Gasteiger partial charge in [0.15, 0.2) is 5.78 Å². The molecule has 0 radical (unpaired) electrons. The zero-order chi connectivity index (χ0) is 27.6. The van der Waals surface area contributed by atoms with Gasteiger partial charge in [0.25, 0.3) is 11.4 Å². The third-order valence-electron chi connectivity index (χ3n) is 7.72. The molecule has 0 spiro atoms. The van der Waals surface area contributed by atoms with Crippen LogP contribution in [0, 0.1) is 39.0 Å². The van der Waals surface area contributed by atoms with E-state index in [1.54, 1.807) is 24.1 Å². The quantitative estimate of drug-likeness (QED) is 0.209. The average Bonchev–Trinajstić information content (AvgIpc) is 3.41. The van der Waals surface area contributed by atoms with Gasteiger partial charge in [0.05, 0.1) is 33.4 Å². The van der Waals surface area contributed by atoms with Crippen molar-refractivity contribution in [2.45, 2.75) is 19.0 Å². The second kappa shape index (κ2) is 8.69. The summed E-state index contributed by atoms with van der Waals surface area (Å²) in [7, 11) is 0. The van der Waals surface area contributed by atoms with Crippen LogP contribution in [-0.4, -0.2) is 38.4 Å². The maximum absolute atomic E-state index is 14.0. The molecule has 2 amide bonds. The first-order valence-electron chi connectivity index (χ1n) is 12.1. The smallest absolute Gasteiger partial charge is 0.271 e. The highest BCUT2D eigenvalue weighted by Crippen LogP contribution is 2.54. The van der Waals surface area contributed by atoms with Crippen molar-refractivity contribution in [2.75, 3.05) is 4.90 Å². The Bertz CT molecular complexity index is 1650. The van der Waals surface area contributed by atoms with E-state index in [-0.39, 0.29) is 22.6 Å². The van der Waals surface area contributed by atoms with Gasteiger partial charge in [-0.1, -0.05) is 42.5 Å². The number of rotatable bonds is 5. The lowest BCUT2D eigenvalue weighted by Gasteiger charge is -2.35. The van der Waals surface area contributed by atoms with Crippen molar-refractivity contribution in [3.63, 3.8) is 0 Å². The van der Waals surface area contributed by atoms with Gasteiger partial charge in [-0.25, -0.2) is 4.90 Å². The van der Waals surface area contributed by atoms with Gasteiger partial charge in [-0.15, -0.1) is 0 Å². The molecule has 6 rings (SSSR count). The fraction of sp³-hybridized carbons (Fsp3) is 0.179. The van der Waals surface area contributed by atoms with Crippen molar-refractivity contribution in [3.05, 3.63) is 115 Å². The number of nitrogens with zero attached hydrogens (tertiary/aromatic N) is 4. The molecular formula is C28H20N4O7. The van der Waals surface area contributed by atoms with E-state index in [1.165, 1.54) is 36.4 Å². The number of fused-ring (bicyclic) bond motifs is 5. The van der Waals surface area contributed by atoms with E-state index in [4.69, 9.17) is 0 Å². The summed E-state index contributed by atoms with van der Waals surface area (Å²) in [4.78, 5) is 66.3. The molecular weight excluding hydrogens is 504 g/mol. The van der Waals surface area contributed by atoms with Crippen molar-refractivity contribution in [2.24, 2.45) is 11.8 Å². The highest BCUT2D eigenvalue weighted by Gasteiger charge is 2.64. The molecule has 2 saturated heterocycles. The first-order chi connectivity index (χ1) is 18.7. The largest absolute Gasteiger partial charge is 0.358 e. The zero-order valence-corrected chi connectivity index (χ0v) is 20.5. The molecule has 0 aromatic heterocycles. The average molecular weight is 524 g/mol. The zero-order valence-electron chi connectivity index (χ0n) is 20.5. The Balaban J connectivity index is 1.51. The Morgan fingerprint density at radius 3 is 2.28 bits per heavy atom. The lowest BCUT2D eigenvalue weighted by atomic mass is 9.83. The van der Waals surface area contributed by atoms with Crippen LogP contribution in [0.5, 0.6) is 0 Å². The van der Waals surface area contributed by atoms with E-state index >= 15 is 0 Å². The second-order valence-corrected chi connectivity index (χ2v) is 9.74. The van der Waals surface area contributed by atoms with Gasteiger partial charge in [-0.3, -0.25) is 34.6 Å². The van der Waals surface area contributed by atoms with Crippen LogP contribution in [-0.2, 0) is 9.59 Å². The van der Waals surface area contributed by atoms with Crippen molar-refractivity contribution in [3.8, 4) is 0 Å². The SMILES string of the molecule is Cc1ccc([N+](=O)[O-])cc1N1C(=O)[C@@H]2[C@H](C1=O)[C@@H]1c3ccccc3C=CN1[C@@H]2C(=O)c1cccc([N+](=O)[O-])c1. The minimum absolute atomic E-state index is 0.0473. The molecule has 11 heteroatoms. The first-order valence-corrected chi connectivity index (χ1v) is 12.1. The lowest BCUT2D eigenvalue weighted by Crippen LogP contribution is -2.44. The standard InChI is InChI=1S/C28H20N4O7/c1-15-9-10-19(32(38)39)14-21(15)30-27(34)22-23(28(30)35)25(26(33)17-6-4-7-18(13-17)31(36)37)29-12-11-16-5-2-3-8-20(16)24(22)29/h2-14,22-25H,1H3/t22-,23+,24-,25-/m0/s1. The molecule has 3 aromatic rings. The van der Waals surface area contributed by atoms with E-state index in [2.05, 4.69) is 0 Å². The molecule has 2 fully saturated rings. The molecule has 0 N–H and O–H groups in total. The molecule has 3 aliphatic rings. The maximum Gasteiger partial charge on any atom is 0.271 e. The number of Topliss-reactive ketones (excluding diaryl/α,β-unsaturated/α-hetero) is 1. The number of carbonyl (C=O) groups excluding carboxylic acids is 3. The van der Waals surface area contributed by atoms with E-state index in [9.17, 15) is 34.6 Å². The van der Waals surface area contributed by atoms with Gasteiger partial charge in [0.1, 0.15) is 6.04 Å². The summed E-state index contributed by atoms with van der Waals surface area (Å²) in [6, 6.07) is 14.8. The number of amides is 2. The molecule has 3 aliphatic heterocycles. The Morgan fingerprint density at radius 2 is 1.54 bits per heavy atom. The normalized spacial score (nSPS) is 22.9. The number of imide groups is 1. The highest BCUT2D eigenvalue weighted by molar-refractivity contribution is 6.25. The summed E-state index contributed by atoms with van der Waals surface area (Å²) in [5.74, 6) is -3.78. The van der Waals surface area contributed by atoms with Gasteiger partial charge < -0.3 is 4.90 Å². The third-order valence-corrected chi connectivity index (χ3v) is 7.72. The van der Waals surface area contributed by atoms with Crippen molar-refractivity contribution in [1.82, 2.24) is 4.90 Å². The molecule has 0 saturated carbocycles. The Kier molecular flexibility index (Phi) is 5.38. The number of ketones is 1. The van der Waals surface area contributed by atoms with E-state index in [1.807, 2.05) is 24.3 Å². The number of nitro benzene ring substituents is 2. The Hall–Kier alpha value is -5.19. The minimum Gasteiger partial charge on any atom is -0.358 e. The summed E-state index contributed by atoms with van der Waals surface area (Å²) in [6.45, 7) is 1.64. The van der Waals surface area contributed by atoms with E-state index < -0.39 is 51.4 Å². The van der Waals surface area contributed by atoms with Crippen LogP contribution in [0.25, 0.3) is 6.08 Å². The predicted molar refractivity (Wildman–Crippen MR) is 139 cm³/mol. The van der Waals surface area contributed by atoms with Crippen LogP contribution < -0.4 is 4.90 Å². The summed E-state index contributed by atoms with van der Waals surface area (Å²) < 4.78 is 0. The van der Waals surface area contributed by atoms with Crippen molar-refractivity contribution < 1.29 is 24.2 Å². The molecule has 0 aliphatic carbocycles. The van der Waals surface area contributed by atoms with Crippen LogP contribution in [0.3, 0.4) is 0 Å². The fourth-order valence-electron chi connectivity index (χ4n) is 5.99. The fourth-order valence-corrected chi connectivity index (χ4v) is 5.99. The summed E-state index contributed by atoms with van der Waals surface area (Å²) in [5.41, 5.74) is 1.70. The van der Waals surface area contributed by atoms with Crippen LogP contribution in [0.15, 0.2) is 72.9 Å². The van der Waals surface area contributed by atoms with Gasteiger partial charge in [0, 0.05) is 36.0 Å². The van der Waals surface area contributed by atoms with Crippen LogP contribution >= 0.6 is 0 Å². The number of carbonyl (C=O) groups is 3. The monoisotopic (exact) mass is 524 g/mol. The van der Waals surface area contributed by atoms with Crippen LogP contribution in [0.1, 0.15) is 33.1 Å². The summed E-state index contributed by atoms with van der Waals surface area (Å²) in [6.07, 6.45) is 3.49. The van der Waals surface area contributed by atoms with Crippen LogP contribution in [0.2, 0.25) is 0 Å². The van der Waals surface area contributed by atoms with Gasteiger partial charge in [-0.2, -0.15) is 0 Å². The number of hydrogen-bond donors (Lipinski definition) is 0. The molecule has 0 bridgehead atoms. The number of anilines is 1. The van der Waals surface area contributed by atoms with Crippen LogP contribution in [0.4, 0.5) is 17.1 Å². The molecule has 194 valence electrons. The van der Waals surface area contributed by atoms with Crippen molar-refractivity contribution >= 4 is 40.7 Å². The highest BCUT2D eigenvalue weighted by atomic mass is 16.6. The lowest BCUT2D eigenvalue weighted by molar-refractivity contribution is -0.385. The summed E-state index contributed by atoms with van der Waals surface area (Å²) >= 11 is 0. The second-order valence-electron chi connectivity index (χ2n) is 9.74. The molecule has 3 heterocycles. The maximum atomic E-state index is 14.0. The predicted octanol–water partition coefficient (Wildman–Crippen LogP) is 4.21. The summed E-state index contributed by atoms with van der Waals surface area (Å²) in [5, 5.41) is 22.8. The number of nitro groups is 2. The third kappa shape index (κ3) is 3.54. The number of aryl methyl sites for hydroxylation is 1. The van der Waals surface area contributed by atoms with Crippen molar-refractivity contribution in [1.29, 1.82) is 0 Å². The molecule has 0 unspecified atom stereocenters. The Morgan fingerprint density at radius 1 is 0.846 bits per heavy atom. The van der Waals surface area contributed by atoms with Gasteiger partial charge >= 0.3 is 0 Å². The number of non-ortho nitro benzene ring substituents is 2. The molecule has 39 heavy (non-hydrogen) atoms. The van der Waals surface area contributed by atoms with Gasteiger partial charge in [0.2, 0.25) is 11.8 Å². The molecule has 11 nitrogen and oxygen atoms in total. The first kappa shape index (κ1) is 24.2. The number of benzene rings is 3. The topological polar surface area (TPSA) is 144 Å². The number of hydrogen-bond acceptors (Lipinski definition) is 8. The van der Waals surface area contributed by atoms with E-state index in [0.29, 0.717) is 5.56 Å². The minimum atomic E-state index is -1.12. The Labute approximate surface area is 221 Å². The molecule has 4 atom stereocenters. The van der Waals surface area contributed by atoms with E-state index in [0.717, 1.165) is 22.1 Å². The van der Waals surface area contributed by atoms with Gasteiger partial charge in [-0.05, 0) is 29.7 Å². The molecule has 3 aromatic carbocycles.